The smallest absolute Gasteiger partial charge is 0.291 e. The Morgan fingerprint density at radius 3 is 2.52 bits per heavy atom. The summed E-state index contributed by atoms with van der Waals surface area (Å²) >= 11 is 0. The van der Waals surface area contributed by atoms with Gasteiger partial charge in [-0.25, -0.2) is 0 Å². The summed E-state index contributed by atoms with van der Waals surface area (Å²) in [6.07, 6.45) is 1.93. The van der Waals surface area contributed by atoms with E-state index in [1.165, 1.54) is 6.07 Å². The molecule has 5 heteroatoms. The Bertz CT molecular complexity index is 753. The fourth-order valence-corrected chi connectivity index (χ4v) is 2.33. The molecule has 0 saturated carbocycles. The molecule has 0 aliphatic heterocycles. The zero-order valence-electron chi connectivity index (χ0n) is 17.0. The van der Waals surface area contributed by atoms with Crippen molar-refractivity contribution in [1.29, 1.82) is 0 Å². The molecule has 148 valence electrons. The topological polar surface area (TPSA) is 68.5 Å². The SMILES string of the molecule is CC.CCC(C)CCNC(=O)c1oc(C)cc(=O)c1OCc1ccccc1. The van der Waals surface area contributed by atoms with E-state index < -0.39 is 5.91 Å². The lowest BCUT2D eigenvalue weighted by molar-refractivity contribution is 0.0911. The minimum atomic E-state index is -0.424. The lowest BCUT2D eigenvalue weighted by atomic mass is 10.1. The van der Waals surface area contributed by atoms with Crippen LogP contribution in [0.5, 0.6) is 5.75 Å². The van der Waals surface area contributed by atoms with Crippen molar-refractivity contribution in [3.05, 3.63) is 63.7 Å². The summed E-state index contributed by atoms with van der Waals surface area (Å²) in [4.78, 5) is 24.7. The van der Waals surface area contributed by atoms with Gasteiger partial charge < -0.3 is 14.5 Å². The number of benzene rings is 1. The fourth-order valence-electron chi connectivity index (χ4n) is 2.33. The number of nitrogens with one attached hydrogen (secondary N) is 1. The Morgan fingerprint density at radius 2 is 1.89 bits per heavy atom. The molecule has 0 radical (unpaired) electrons. The van der Waals surface area contributed by atoms with E-state index in [0.29, 0.717) is 18.2 Å². The van der Waals surface area contributed by atoms with Gasteiger partial charge in [0, 0.05) is 12.6 Å². The van der Waals surface area contributed by atoms with E-state index in [9.17, 15) is 9.59 Å². The number of carbonyl (C=O) groups excluding carboxylic acids is 1. The monoisotopic (exact) mass is 373 g/mol. The number of carbonyl (C=O) groups is 1. The summed E-state index contributed by atoms with van der Waals surface area (Å²) in [6, 6.07) is 10.8. The highest BCUT2D eigenvalue weighted by Crippen LogP contribution is 2.17. The van der Waals surface area contributed by atoms with Crippen LogP contribution in [0.25, 0.3) is 0 Å². The van der Waals surface area contributed by atoms with Gasteiger partial charge in [0.25, 0.3) is 5.91 Å². The van der Waals surface area contributed by atoms with Crippen molar-refractivity contribution in [3.8, 4) is 5.75 Å². The van der Waals surface area contributed by atoms with Crippen LogP contribution in [0.1, 0.15) is 62.4 Å². The molecule has 5 nitrogen and oxygen atoms in total. The zero-order chi connectivity index (χ0) is 20.2. The number of ether oxygens (including phenoxy) is 1. The second-order valence-corrected chi connectivity index (χ2v) is 6.21. The van der Waals surface area contributed by atoms with Gasteiger partial charge in [0.2, 0.25) is 16.9 Å². The molecule has 0 aliphatic carbocycles. The number of rotatable bonds is 8. The molecular weight excluding hydrogens is 342 g/mol. The highest BCUT2D eigenvalue weighted by Gasteiger charge is 2.20. The summed E-state index contributed by atoms with van der Waals surface area (Å²) < 4.78 is 11.1. The molecule has 1 aromatic carbocycles. The van der Waals surface area contributed by atoms with Crippen molar-refractivity contribution in [1.82, 2.24) is 5.32 Å². The molecule has 27 heavy (non-hydrogen) atoms. The first-order chi connectivity index (χ1) is 13.0. The largest absolute Gasteiger partial charge is 0.481 e. The van der Waals surface area contributed by atoms with Crippen molar-refractivity contribution in [2.45, 2.75) is 54.1 Å². The molecule has 0 fully saturated rings. The third-order valence-corrected chi connectivity index (χ3v) is 4.08. The van der Waals surface area contributed by atoms with Gasteiger partial charge in [0.05, 0.1) is 0 Å². The van der Waals surface area contributed by atoms with Crippen LogP contribution in [0.4, 0.5) is 0 Å². The molecule has 1 aromatic heterocycles. The van der Waals surface area contributed by atoms with E-state index in [1.54, 1.807) is 6.92 Å². The molecule has 0 saturated heterocycles. The molecule has 0 aliphatic rings. The summed E-state index contributed by atoms with van der Waals surface area (Å²) in [5.74, 6) is 0.371. The average molecular weight is 373 g/mol. The third kappa shape index (κ3) is 7.29. The van der Waals surface area contributed by atoms with Crippen molar-refractivity contribution < 1.29 is 13.9 Å². The van der Waals surface area contributed by atoms with Gasteiger partial charge in [-0.2, -0.15) is 0 Å². The first kappa shape index (κ1) is 22.5. The maximum Gasteiger partial charge on any atom is 0.291 e. The van der Waals surface area contributed by atoms with Gasteiger partial charge >= 0.3 is 0 Å². The molecule has 1 unspecified atom stereocenters. The minimum absolute atomic E-state index is 0.0458. The van der Waals surface area contributed by atoms with Gasteiger partial charge in [-0.3, -0.25) is 9.59 Å². The summed E-state index contributed by atoms with van der Waals surface area (Å²) in [7, 11) is 0. The highest BCUT2D eigenvalue weighted by atomic mass is 16.5. The fraction of sp³-hybridized carbons (Fsp3) is 0.455. The van der Waals surface area contributed by atoms with Crippen LogP contribution >= 0.6 is 0 Å². The predicted octanol–water partition coefficient (Wildman–Crippen LogP) is 4.72. The molecular formula is C22H31NO4. The molecule has 1 amide bonds. The van der Waals surface area contributed by atoms with Gasteiger partial charge in [-0.15, -0.1) is 0 Å². The number of amides is 1. The lowest BCUT2D eigenvalue weighted by Crippen LogP contribution is -2.27. The summed E-state index contributed by atoms with van der Waals surface area (Å²) in [6.45, 7) is 10.6. The first-order valence-corrected chi connectivity index (χ1v) is 9.61. The molecule has 1 atom stereocenters. The van der Waals surface area contributed by atoms with Gasteiger partial charge in [0.1, 0.15) is 12.4 Å². The maximum atomic E-state index is 12.4. The Labute approximate surface area is 161 Å². The third-order valence-electron chi connectivity index (χ3n) is 4.08. The summed E-state index contributed by atoms with van der Waals surface area (Å²) in [5, 5.41) is 2.81. The van der Waals surface area contributed by atoms with E-state index >= 15 is 0 Å². The van der Waals surface area contributed by atoms with Crippen LogP contribution in [-0.2, 0) is 6.61 Å². The van der Waals surface area contributed by atoms with Crippen molar-refractivity contribution in [2.75, 3.05) is 6.54 Å². The molecule has 2 aromatic rings. The van der Waals surface area contributed by atoms with Crippen LogP contribution in [0, 0.1) is 12.8 Å². The van der Waals surface area contributed by atoms with Crippen LogP contribution < -0.4 is 15.5 Å². The lowest BCUT2D eigenvalue weighted by Gasteiger charge is -2.12. The average Bonchev–Trinajstić information content (AvgIpc) is 2.68. The van der Waals surface area contributed by atoms with E-state index in [2.05, 4.69) is 19.2 Å². The molecule has 1 N–H and O–H groups in total. The predicted molar refractivity (Wildman–Crippen MR) is 108 cm³/mol. The molecule has 0 bridgehead atoms. The van der Waals surface area contributed by atoms with Gasteiger partial charge in [-0.1, -0.05) is 64.4 Å². The van der Waals surface area contributed by atoms with E-state index in [1.807, 2.05) is 44.2 Å². The van der Waals surface area contributed by atoms with E-state index in [4.69, 9.17) is 9.15 Å². The number of aryl methyl sites for hydroxylation is 1. The van der Waals surface area contributed by atoms with Crippen LogP contribution in [0.3, 0.4) is 0 Å². The van der Waals surface area contributed by atoms with Crippen molar-refractivity contribution in [3.63, 3.8) is 0 Å². The molecule has 1 heterocycles. The number of hydrogen-bond donors (Lipinski definition) is 1. The van der Waals surface area contributed by atoms with E-state index in [0.717, 1.165) is 18.4 Å². The van der Waals surface area contributed by atoms with Gasteiger partial charge in [0.15, 0.2) is 0 Å². The second kappa shape index (κ2) is 11.9. The quantitative estimate of drug-likeness (QED) is 0.727. The normalized spacial score (nSPS) is 11.1. The van der Waals surface area contributed by atoms with Crippen LogP contribution in [0.2, 0.25) is 0 Å². The maximum absolute atomic E-state index is 12.4. The van der Waals surface area contributed by atoms with Crippen molar-refractivity contribution in [2.24, 2.45) is 5.92 Å². The van der Waals surface area contributed by atoms with Crippen molar-refractivity contribution >= 4 is 5.91 Å². The molecule has 0 spiro atoms. The zero-order valence-corrected chi connectivity index (χ0v) is 17.0. The standard InChI is InChI=1S/C20H25NO4.C2H6/c1-4-14(2)10-11-21-20(23)19-18(17(22)12-15(3)25-19)24-13-16-8-6-5-7-9-16;1-2/h5-9,12,14H,4,10-11,13H2,1-3H3,(H,21,23);1-2H3. The van der Waals surface area contributed by atoms with Gasteiger partial charge in [-0.05, 0) is 24.8 Å². The Kier molecular flexibility index (Phi) is 9.94. The van der Waals surface area contributed by atoms with Crippen LogP contribution in [-0.4, -0.2) is 12.5 Å². The highest BCUT2D eigenvalue weighted by molar-refractivity contribution is 5.93. The minimum Gasteiger partial charge on any atom is -0.481 e. The summed E-state index contributed by atoms with van der Waals surface area (Å²) in [5.41, 5.74) is 0.553. The second-order valence-electron chi connectivity index (χ2n) is 6.21. The van der Waals surface area contributed by atoms with Crippen LogP contribution in [0.15, 0.2) is 45.6 Å². The Morgan fingerprint density at radius 1 is 1.22 bits per heavy atom. The molecule has 2 rings (SSSR count). The Balaban J connectivity index is 0.00000176. The number of hydrogen-bond acceptors (Lipinski definition) is 4. The first-order valence-electron chi connectivity index (χ1n) is 9.61. The van der Waals surface area contributed by atoms with E-state index in [-0.39, 0.29) is 23.5 Å². The Hall–Kier alpha value is -2.56.